The molecule has 1 aliphatic carbocycles. The van der Waals surface area contributed by atoms with Gasteiger partial charge in [0.15, 0.2) is 6.29 Å². The molecule has 1 saturated heterocycles. The lowest BCUT2D eigenvalue weighted by molar-refractivity contribution is -0.138. The first kappa shape index (κ1) is 50.9. The predicted octanol–water partition coefficient (Wildman–Crippen LogP) is 8.23. The number of rotatable bonds is 14. The summed E-state index contributed by atoms with van der Waals surface area (Å²) in [6, 6.07) is 0. The molecule has 2 aliphatic rings. The number of ether oxygens (including phenoxy) is 2. The lowest BCUT2D eigenvalue weighted by atomic mass is 9.88. The molecule has 0 aromatic heterocycles. The van der Waals surface area contributed by atoms with Gasteiger partial charge in [0.1, 0.15) is 5.78 Å². The zero-order chi connectivity index (χ0) is 38.4. The topological polar surface area (TPSA) is 105 Å². The third-order valence-corrected chi connectivity index (χ3v) is 7.57. The molecular weight excluding hydrogens is 618 g/mol. The molecule has 0 spiro atoms. The van der Waals surface area contributed by atoms with Crippen LogP contribution in [-0.2, 0) is 28.7 Å². The summed E-state index contributed by atoms with van der Waals surface area (Å²) in [5, 5.41) is 2.78. The Kier molecular flexibility index (Phi) is 33.9. The second kappa shape index (κ2) is 32.7. The van der Waals surface area contributed by atoms with E-state index in [-0.39, 0.29) is 48.7 Å². The normalized spacial score (nSPS) is 15.9. The summed E-state index contributed by atoms with van der Waals surface area (Å²) in [5.41, 5.74) is 0.648. The van der Waals surface area contributed by atoms with Crippen LogP contribution in [0.2, 0.25) is 0 Å². The SMILES string of the molecule is C/C=C\C(=C/C)C(=O)N1CCN(C(=O)CNC(=O)C(CC(=O)CC)CC2CCCC2)CC1.CC.CC.CC(C)C.COC(C)OCC(C)C. The summed E-state index contributed by atoms with van der Waals surface area (Å²) in [7, 11) is 1.64. The van der Waals surface area contributed by atoms with Gasteiger partial charge in [-0.2, -0.15) is 0 Å². The third-order valence-electron chi connectivity index (χ3n) is 7.57. The number of nitrogens with one attached hydrogen (secondary N) is 1. The fourth-order valence-corrected chi connectivity index (χ4v) is 4.98. The Morgan fingerprint density at radius 3 is 1.80 bits per heavy atom. The van der Waals surface area contributed by atoms with E-state index in [2.05, 4.69) is 39.9 Å². The number of hydrogen-bond acceptors (Lipinski definition) is 6. The van der Waals surface area contributed by atoms with Gasteiger partial charge in [-0.3, -0.25) is 19.2 Å². The standard InChI is InChI=1S/C25H39N3O4.C7H16O2.C4H10.2C2H6/c1-4-9-20(5-2)25(32)28-14-12-27(13-15-28)23(30)18-26-24(31)21(17-22(29)6-3)16-19-10-7-8-11-19;1-6(2)5-9-7(3)8-4;1-4(2)3;2*1-2/h4-5,9,19,21H,6-8,10-18H2,1-3H3,(H,26,31);6-7H,5H2,1-4H3;4H,1-3H3;2*1-2H3/b9-4-,20-5+;;;;. The predicted molar refractivity (Wildman–Crippen MR) is 205 cm³/mol. The van der Waals surface area contributed by atoms with Crippen LogP contribution in [0.15, 0.2) is 23.8 Å². The maximum Gasteiger partial charge on any atom is 0.253 e. The Labute approximate surface area is 302 Å². The number of amides is 3. The van der Waals surface area contributed by atoms with Gasteiger partial charge >= 0.3 is 0 Å². The summed E-state index contributed by atoms with van der Waals surface area (Å²) < 4.78 is 10.1. The van der Waals surface area contributed by atoms with Gasteiger partial charge in [-0.05, 0) is 44.9 Å². The molecule has 0 aromatic carbocycles. The van der Waals surface area contributed by atoms with E-state index in [1.54, 1.807) is 29.1 Å². The lowest BCUT2D eigenvalue weighted by Crippen LogP contribution is -2.53. The second-order valence-corrected chi connectivity index (χ2v) is 13.1. The minimum absolute atomic E-state index is 0.0265. The van der Waals surface area contributed by atoms with Crippen LogP contribution in [0.4, 0.5) is 0 Å². The fraction of sp³-hybridized carbons (Fsp3) is 0.800. The van der Waals surface area contributed by atoms with Crippen molar-refractivity contribution in [3.8, 4) is 0 Å². The zero-order valence-corrected chi connectivity index (χ0v) is 34.2. The molecule has 9 heteroatoms. The first-order valence-electron chi connectivity index (χ1n) is 19.1. The van der Waals surface area contributed by atoms with E-state index < -0.39 is 0 Å². The van der Waals surface area contributed by atoms with Crippen LogP contribution >= 0.6 is 0 Å². The number of methoxy groups -OCH3 is 1. The minimum atomic E-state index is -0.348. The van der Waals surface area contributed by atoms with E-state index >= 15 is 0 Å². The molecule has 0 bridgehead atoms. The van der Waals surface area contributed by atoms with Gasteiger partial charge in [0, 0.05) is 57.6 Å². The average Bonchev–Trinajstić information content (AvgIpc) is 3.62. The van der Waals surface area contributed by atoms with Crippen molar-refractivity contribution in [2.24, 2.45) is 23.7 Å². The lowest BCUT2D eigenvalue weighted by Gasteiger charge is -2.35. The highest BCUT2D eigenvalue weighted by molar-refractivity contribution is 5.96. The largest absolute Gasteiger partial charge is 0.356 e. The summed E-state index contributed by atoms with van der Waals surface area (Å²) in [5.74, 6) is 1.30. The Balaban J connectivity index is -0.00000104. The van der Waals surface area contributed by atoms with Gasteiger partial charge in [0.25, 0.3) is 5.91 Å². The molecule has 2 rings (SSSR count). The number of allylic oxidation sites excluding steroid dienone is 2. The van der Waals surface area contributed by atoms with Crippen LogP contribution in [0.1, 0.15) is 135 Å². The van der Waals surface area contributed by atoms with Crippen molar-refractivity contribution in [1.82, 2.24) is 15.1 Å². The smallest absolute Gasteiger partial charge is 0.253 e. The number of hydrogen-bond donors (Lipinski definition) is 1. The molecule has 288 valence electrons. The molecule has 1 saturated carbocycles. The van der Waals surface area contributed by atoms with Crippen molar-refractivity contribution in [2.45, 2.75) is 141 Å². The Bertz CT molecular complexity index is 914. The molecule has 1 N–H and O–H groups in total. The molecule has 2 fully saturated rings. The van der Waals surface area contributed by atoms with Crippen LogP contribution < -0.4 is 5.32 Å². The molecule has 2 unspecified atom stereocenters. The van der Waals surface area contributed by atoms with Crippen LogP contribution in [-0.4, -0.2) is 86.0 Å². The van der Waals surface area contributed by atoms with Crippen molar-refractivity contribution in [2.75, 3.05) is 46.4 Å². The Morgan fingerprint density at radius 1 is 0.857 bits per heavy atom. The van der Waals surface area contributed by atoms with Crippen molar-refractivity contribution in [3.63, 3.8) is 0 Å². The molecular formula is C40H77N3O6. The molecule has 0 radical (unpaired) electrons. The van der Waals surface area contributed by atoms with Gasteiger partial charge in [-0.25, -0.2) is 0 Å². The van der Waals surface area contributed by atoms with Crippen molar-refractivity contribution in [1.29, 1.82) is 0 Å². The summed E-state index contributed by atoms with van der Waals surface area (Å²) in [6.07, 6.45) is 11.4. The molecule has 1 heterocycles. The Hall–Kier alpha value is -2.52. The number of nitrogens with zero attached hydrogens (tertiary/aromatic N) is 2. The molecule has 2 atom stereocenters. The quantitative estimate of drug-likeness (QED) is 0.112. The third kappa shape index (κ3) is 26.0. The van der Waals surface area contributed by atoms with Crippen LogP contribution in [0.25, 0.3) is 0 Å². The summed E-state index contributed by atoms with van der Waals surface area (Å²) in [4.78, 5) is 53.4. The number of carbonyl (C=O) groups is 4. The van der Waals surface area contributed by atoms with Crippen molar-refractivity contribution >= 4 is 23.5 Å². The molecule has 49 heavy (non-hydrogen) atoms. The van der Waals surface area contributed by atoms with Crippen molar-refractivity contribution < 1.29 is 28.7 Å². The van der Waals surface area contributed by atoms with Crippen molar-refractivity contribution in [3.05, 3.63) is 23.8 Å². The number of piperazine rings is 1. The number of carbonyl (C=O) groups excluding carboxylic acids is 4. The highest BCUT2D eigenvalue weighted by Crippen LogP contribution is 2.31. The second-order valence-electron chi connectivity index (χ2n) is 13.1. The van der Waals surface area contributed by atoms with E-state index in [0.717, 1.165) is 31.8 Å². The first-order chi connectivity index (χ1) is 23.3. The molecule has 0 aromatic rings. The molecule has 1 aliphatic heterocycles. The molecule has 9 nitrogen and oxygen atoms in total. The number of Topliss-reactive ketones (excluding diaryl/α,β-unsaturated/α-hetero) is 1. The van der Waals surface area contributed by atoms with E-state index in [1.165, 1.54) is 12.8 Å². The average molecular weight is 696 g/mol. The first-order valence-corrected chi connectivity index (χ1v) is 19.1. The molecule has 3 amide bonds. The van der Waals surface area contributed by atoms with Gasteiger partial charge in [0.05, 0.1) is 13.2 Å². The van der Waals surface area contributed by atoms with Gasteiger partial charge in [-0.15, -0.1) is 0 Å². The summed E-state index contributed by atoms with van der Waals surface area (Å²) in [6.45, 7) is 28.7. The van der Waals surface area contributed by atoms with E-state index in [0.29, 0.717) is 50.0 Å². The zero-order valence-electron chi connectivity index (χ0n) is 34.2. The van der Waals surface area contributed by atoms with Gasteiger partial charge in [-0.1, -0.05) is 113 Å². The maximum atomic E-state index is 12.8. The minimum Gasteiger partial charge on any atom is -0.356 e. The monoisotopic (exact) mass is 696 g/mol. The summed E-state index contributed by atoms with van der Waals surface area (Å²) >= 11 is 0. The fourth-order valence-electron chi connectivity index (χ4n) is 4.98. The van der Waals surface area contributed by atoms with Crippen LogP contribution in [0.3, 0.4) is 0 Å². The number of ketones is 1. The van der Waals surface area contributed by atoms with Crippen LogP contribution in [0.5, 0.6) is 0 Å². The van der Waals surface area contributed by atoms with Gasteiger partial charge < -0.3 is 24.6 Å². The van der Waals surface area contributed by atoms with Gasteiger partial charge in [0.2, 0.25) is 11.8 Å². The van der Waals surface area contributed by atoms with E-state index in [1.807, 2.05) is 61.5 Å². The highest BCUT2D eigenvalue weighted by atomic mass is 16.7. The van der Waals surface area contributed by atoms with Crippen LogP contribution in [0, 0.1) is 23.7 Å². The Morgan fingerprint density at radius 2 is 1.37 bits per heavy atom. The van der Waals surface area contributed by atoms with E-state index in [4.69, 9.17) is 9.47 Å². The highest BCUT2D eigenvalue weighted by Gasteiger charge is 2.29. The maximum absolute atomic E-state index is 12.8. The van der Waals surface area contributed by atoms with E-state index in [9.17, 15) is 19.2 Å².